The maximum absolute atomic E-state index is 9.67. The molecule has 2 atom stereocenters. The second-order valence-corrected chi connectivity index (χ2v) is 6.61. The van der Waals surface area contributed by atoms with Gasteiger partial charge in [0.25, 0.3) is 0 Å². The number of unbranched alkanes of at least 4 members (excludes halogenated alkanes) is 3. The van der Waals surface area contributed by atoms with Crippen LogP contribution in [0.25, 0.3) is 0 Å². The van der Waals surface area contributed by atoms with E-state index < -0.39 is 0 Å². The lowest BCUT2D eigenvalue weighted by Gasteiger charge is -2.37. The summed E-state index contributed by atoms with van der Waals surface area (Å²) in [7, 11) is 3.11. The van der Waals surface area contributed by atoms with E-state index >= 15 is 0 Å². The Bertz CT molecular complexity index is 162. The van der Waals surface area contributed by atoms with Gasteiger partial charge in [0.05, 0.1) is 0 Å². The maximum Gasteiger partial charge on any atom is 0.0467 e. The first kappa shape index (κ1) is 17.4. The smallest absolute Gasteiger partial charge is 0.0467 e. The van der Waals surface area contributed by atoms with Crippen molar-refractivity contribution in [3.63, 3.8) is 0 Å². The molecule has 0 bridgehead atoms. The van der Waals surface area contributed by atoms with Crippen LogP contribution < -0.4 is 0 Å². The van der Waals surface area contributed by atoms with Crippen LogP contribution in [0.15, 0.2) is 0 Å². The van der Waals surface area contributed by atoms with Crippen molar-refractivity contribution in [1.29, 1.82) is 0 Å². The minimum absolute atomic E-state index is 0.288. The van der Waals surface area contributed by atoms with Gasteiger partial charge < -0.3 is 5.11 Å². The van der Waals surface area contributed by atoms with Gasteiger partial charge in [-0.25, -0.2) is 0 Å². The molecule has 0 aliphatic heterocycles. The normalized spacial score (nSPS) is 13.9. The third-order valence-electron chi connectivity index (χ3n) is 3.93. The summed E-state index contributed by atoms with van der Waals surface area (Å²) in [5.41, 5.74) is 0. The average Bonchev–Trinajstić information content (AvgIpc) is 2.35. The zero-order chi connectivity index (χ0) is 13.1. The Balaban J connectivity index is 4.46. The Labute approximate surface area is 111 Å². The van der Waals surface area contributed by atoms with Crippen molar-refractivity contribution in [2.45, 2.75) is 83.7 Å². The fourth-order valence-corrected chi connectivity index (χ4v) is 3.24. The van der Waals surface area contributed by atoms with Crippen molar-refractivity contribution < 1.29 is 5.11 Å². The van der Waals surface area contributed by atoms with E-state index in [0.29, 0.717) is 12.5 Å². The van der Waals surface area contributed by atoms with Gasteiger partial charge in [-0.05, 0) is 30.3 Å². The first-order valence-corrected chi connectivity index (χ1v) is 8.12. The molecule has 0 spiro atoms. The van der Waals surface area contributed by atoms with Gasteiger partial charge in [-0.3, -0.25) is 0 Å². The SMILES string of the molecule is CCCCC(CO)C(P)(CCCC)CCCC. The highest BCUT2D eigenvalue weighted by Gasteiger charge is 2.32. The van der Waals surface area contributed by atoms with E-state index in [0.717, 1.165) is 0 Å². The molecule has 0 rings (SSSR count). The standard InChI is InChI=1S/C15H33OP/c1-4-7-10-14(13-16)15(17,11-8-5-2)12-9-6-3/h14,16H,4-13,17H2,1-3H3. The van der Waals surface area contributed by atoms with Crippen LogP contribution in [0.1, 0.15) is 78.6 Å². The summed E-state index contributed by atoms with van der Waals surface area (Å²) in [5.74, 6) is 0.477. The molecular weight excluding hydrogens is 227 g/mol. The lowest BCUT2D eigenvalue weighted by Crippen LogP contribution is -2.34. The van der Waals surface area contributed by atoms with Crippen LogP contribution in [0.5, 0.6) is 0 Å². The quantitative estimate of drug-likeness (QED) is 0.530. The minimum atomic E-state index is 0.288. The summed E-state index contributed by atoms with van der Waals surface area (Å²) in [4.78, 5) is 0. The van der Waals surface area contributed by atoms with Crippen LogP contribution in [-0.4, -0.2) is 16.9 Å². The number of aliphatic hydroxyl groups is 1. The molecule has 0 aliphatic carbocycles. The van der Waals surface area contributed by atoms with Crippen molar-refractivity contribution in [3.05, 3.63) is 0 Å². The third-order valence-corrected chi connectivity index (χ3v) is 4.98. The molecule has 0 radical (unpaired) electrons. The maximum atomic E-state index is 9.67. The topological polar surface area (TPSA) is 20.2 Å². The van der Waals surface area contributed by atoms with Crippen molar-refractivity contribution in [2.24, 2.45) is 5.92 Å². The molecule has 0 fully saturated rings. The molecular formula is C15H33OP. The largest absolute Gasteiger partial charge is 0.396 e. The molecule has 17 heavy (non-hydrogen) atoms. The second kappa shape index (κ2) is 10.3. The number of aliphatic hydroxyl groups excluding tert-OH is 1. The summed E-state index contributed by atoms with van der Waals surface area (Å²) in [6.45, 7) is 7.10. The van der Waals surface area contributed by atoms with Gasteiger partial charge in [-0.2, -0.15) is 0 Å². The van der Waals surface area contributed by atoms with Crippen LogP contribution in [0.4, 0.5) is 0 Å². The fourth-order valence-electron chi connectivity index (χ4n) is 2.56. The van der Waals surface area contributed by atoms with Crippen LogP contribution in [-0.2, 0) is 0 Å². The Morgan fingerprint density at radius 3 is 1.76 bits per heavy atom. The molecule has 0 saturated carbocycles. The lowest BCUT2D eigenvalue weighted by atomic mass is 9.80. The van der Waals surface area contributed by atoms with E-state index in [9.17, 15) is 5.11 Å². The Morgan fingerprint density at radius 2 is 1.41 bits per heavy atom. The lowest BCUT2D eigenvalue weighted by molar-refractivity contribution is 0.167. The Kier molecular flexibility index (Phi) is 10.6. The third kappa shape index (κ3) is 6.77. The van der Waals surface area contributed by atoms with E-state index in [-0.39, 0.29) is 5.16 Å². The molecule has 0 amide bonds. The molecule has 0 aliphatic rings. The van der Waals surface area contributed by atoms with Gasteiger partial charge in [0.1, 0.15) is 0 Å². The van der Waals surface area contributed by atoms with E-state index in [4.69, 9.17) is 0 Å². The van der Waals surface area contributed by atoms with Gasteiger partial charge >= 0.3 is 0 Å². The zero-order valence-electron chi connectivity index (χ0n) is 12.2. The molecule has 0 aromatic heterocycles. The summed E-state index contributed by atoms with van der Waals surface area (Å²) in [6.07, 6.45) is 11.3. The molecule has 1 N–H and O–H groups in total. The van der Waals surface area contributed by atoms with Gasteiger partial charge in [0.2, 0.25) is 0 Å². The molecule has 2 unspecified atom stereocenters. The van der Waals surface area contributed by atoms with Crippen LogP contribution >= 0.6 is 9.24 Å². The first-order valence-electron chi connectivity index (χ1n) is 7.54. The minimum Gasteiger partial charge on any atom is -0.396 e. The summed E-state index contributed by atoms with van der Waals surface area (Å²) in [6, 6.07) is 0. The molecule has 104 valence electrons. The predicted octanol–water partition coefficient (Wildman–Crippen LogP) is 4.78. The van der Waals surface area contributed by atoms with Crippen molar-refractivity contribution in [1.82, 2.24) is 0 Å². The molecule has 1 nitrogen and oxygen atoms in total. The number of hydrogen-bond donors (Lipinski definition) is 1. The average molecular weight is 260 g/mol. The molecule has 0 aromatic rings. The van der Waals surface area contributed by atoms with Crippen LogP contribution in [0.2, 0.25) is 0 Å². The highest BCUT2D eigenvalue weighted by molar-refractivity contribution is 7.19. The Morgan fingerprint density at radius 1 is 0.941 bits per heavy atom. The van der Waals surface area contributed by atoms with E-state index in [1.807, 2.05) is 0 Å². The van der Waals surface area contributed by atoms with E-state index in [2.05, 4.69) is 30.0 Å². The predicted molar refractivity (Wildman–Crippen MR) is 81.6 cm³/mol. The van der Waals surface area contributed by atoms with Crippen molar-refractivity contribution in [2.75, 3.05) is 6.61 Å². The molecule has 0 saturated heterocycles. The summed E-state index contributed by atoms with van der Waals surface area (Å²) < 4.78 is 0. The van der Waals surface area contributed by atoms with Crippen LogP contribution in [0, 0.1) is 5.92 Å². The van der Waals surface area contributed by atoms with Gasteiger partial charge in [0.15, 0.2) is 0 Å². The number of rotatable bonds is 11. The first-order chi connectivity index (χ1) is 8.14. The summed E-state index contributed by atoms with van der Waals surface area (Å²) in [5, 5.41) is 9.96. The van der Waals surface area contributed by atoms with E-state index in [1.165, 1.54) is 57.8 Å². The molecule has 0 heterocycles. The molecule has 0 aromatic carbocycles. The van der Waals surface area contributed by atoms with Gasteiger partial charge in [-0.15, -0.1) is 9.24 Å². The van der Waals surface area contributed by atoms with Crippen molar-refractivity contribution >= 4 is 9.24 Å². The summed E-state index contributed by atoms with van der Waals surface area (Å²) >= 11 is 0. The zero-order valence-corrected chi connectivity index (χ0v) is 13.3. The Hall–Kier alpha value is 0.390. The van der Waals surface area contributed by atoms with Gasteiger partial charge in [-0.1, -0.05) is 59.3 Å². The van der Waals surface area contributed by atoms with Crippen LogP contribution in [0.3, 0.4) is 0 Å². The fraction of sp³-hybridized carbons (Fsp3) is 1.00. The second-order valence-electron chi connectivity index (χ2n) is 5.46. The molecule has 2 heteroatoms. The van der Waals surface area contributed by atoms with Gasteiger partial charge in [0, 0.05) is 6.61 Å². The highest BCUT2D eigenvalue weighted by Crippen LogP contribution is 2.40. The monoisotopic (exact) mass is 260 g/mol. The van der Waals surface area contributed by atoms with E-state index in [1.54, 1.807) is 0 Å². The number of hydrogen-bond acceptors (Lipinski definition) is 1. The highest BCUT2D eigenvalue weighted by atomic mass is 31.0. The van der Waals surface area contributed by atoms with Crippen molar-refractivity contribution in [3.8, 4) is 0 Å².